The normalized spacial score (nSPS) is 34.0. The lowest BCUT2D eigenvalue weighted by Gasteiger charge is -2.41. The third-order valence-corrected chi connectivity index (χ3v) is 4.79. The molecule has 1 saturated heterocycles. The molecule has 3 atom stereocenters. The molecule has 6 heteroatoms. The van der Waals surface area contributed by atoms with Gasteiger partial charge in [-0.3, -0.25) is 0 Å². The first kappa shape index (κ1) is 17.0. The molecule has 0 aliphatic carbocycles. The van der Waals surface area contributed by atoms with Gasteiger partial charge >= 0.3 is 0 Å². The van der Waals surface area contributed by atoms with Gasteiger partial charge in [0, 0.05) is 17.8 Å². The summed E-state index contributed by atoms with van der Waals surface area (Å²) >= 11 is 12.9. The van der Waals surface area contributed by atoms with Crippen molar-refractivity contribution in [2.45, 2.75) is 39.6 Å². The highest BCUT2D eigenvalue weighted by Crippen LogP contribution is 2.29. The van der Waals surface area contributed by atoms with E-state index in [1.54, 1.807) is 0 Å². The van der Waals surface area contributed by atoms with Crippen molar-refractivity contribution in [2.24, 2.45) is 17.8 Å². The molecule has 0 amide bonds. The summed E-state index contributed by atoms with van der Waals surface area (Å²) in [5, 5.41) is 0. The zero-order chi connectivity index (χ0) is 13.7. The highest BCUT2D eigenvalue weighted by atomic mass is 32.1. The van der Waals surface area contributed by atoms with Crippen molar-refractivity contribution in [3.8, 4) is 0 Å². The van der Waals surface area contributed by atoms with Crippen LogP contribution in [0.2, 0.25) is 0 Å². The molecular formula is C12H24O3S3. The summed E-state index contributed by atoms with van der Waals surface area (Å²) in [5.41, 5.74) is 0. The van der Waals surface area contributed by atoms with Crippen LogP contribution in [-0.2, 0) is 14.2 Å². The molecule has 0 saturated carbocycles. The van der Waals surface area contributed by atoms with Gasteiger partial charge in [-0.15, -0.1) is 0 Å². The third kappa shape index (κ3) is 4.49. The molecule has 0 spiro atoms. The van der Waals surface area contributed by atoms with Crippen LogP contribution in [0.4, 0.5) is 0 Å². The Kier molecular flexibility index (Phi) is 7.80. The summed E-state index contributed by atoms with van der Waals surface area (Å²) in [4.78, 5) is 0. The van der Waals surface area contributed by atoms with E-state index in [2.05, 4.69) is 58.7 Å². The predicted octanol–water partition coefficient (Wildman–Crippen LogP) is 2.73. The average molecular weight is 313 g/mol. The van der Waals surface area contributed by atoms with Gasteiger partial charge in [0.2, 0.25) is 0 Å². The van der Waals surface area contributed by atoms with Gasteiger partial charge in [0.05, 0.1) is 0 Å². The second-order valence-electron chi connectivity index (χ2n) is 4.99. The second-order valence-corrected chi connectivity index (χ2v) is 6.09. The molecule has 1 rings (SSSR count). The maximum Gasteiger partial charge on any atom is 0.167 e. The Morgan fingerprint density at radius 2 is 0.889 bits per heavy atom. The zero-order valence-corrected chi connectivity index (χ0v) is 13.8. The minimum atomic E-state index is -0.268. The lowest BCUT2D eigenvalue weighted by Crippen LogP contribution is -2.48. The van der Waals surface area contributed by atoms with E-state index in [4.69, 9.17) is 14.2 Å². The molecular weight excluding hydrogens is 288 g/mol. The number of hydrogen-bond acceptors (Lipinski definition) is 6. The van der Waals surface area contributed by atoms with Crippen molar-refractivity contribution in [1.82, 2.24) is 0 Å². The van der Waals surface area contributed by atoms with Crippen molar-refractivity contribution >= 4 is 37.9 Å². The first-order valence-corrected chi connectivity index (χ1v) is 8.22. The first-order valence-electron chi connectivity index (χ1n) is 6.32. The van der Waals surface area contributed by atoms with Crippen molar-refractivity contribution in [3.05, 3.63) is 0 Å². The quantitative estimate of drug-likeness (QED) is 0.659. The van der Waals surface area contributed by atoms with E-state index in [0.717, 1.165) is 0 Å². The molecule has 3 unspecified atom stereocenters. The molecule has 0 bridgehead atoms. The SMILES string of the molecule is CC(CS)C1OC(C(C)CS)OC(C(C)CS)O1. The summed E-state index contributed by atoms with van der Waals surface area (Å²) in [5.74, 6) is 2.82. The van der Waals surface area contributed by atoms with E-state index in [9.17, 15) is 0 Å². The van der Waals surface area contributed by atoms with Gasteiger partial charge in [-0.05, 0) is 17.3 Å². The largest absolute Gasteiger partial charge is 0.323 e. The van der Waals surface area contributed by atoms with Crippen molar-refractivity contribution in [3.63, 3.8) is 0 Å². The maximum atomic E-state index is 5.85. The van der Waals surface area contributed by atoms with Crippen molar-refractivity contribution in [1.29, 1.82) is 0 Å². The van der Waals surface area contributed by atoms with E-state index in [1.807, 2.05) is 0 Å². The van der Waals surface area contributed by atoms with Gasteiger partial charge in [-0.25, -0.2) is 0 Å². The van der Waals surface area contributed by atoms with Gasteiger partial charge in [0.15, 0.2) is 18.9 Å². The topological polar surface area (TPSA) is 27.7 Å². The molecule has 0 N–H and O–H groups in total. The molecule has 1 fully saturated rings. The molecule has 0 aromatic rings. The van der Waals surface area contributed by atoms with Crippen LogP contribution in [0.5, 0.6) is 0 Å². The predicted molar refractivity (Wildman–Crippen MR) is 83.7 cm³/mol. The molecule has 1 aliphatic rings. The molecule has 18 heavy (non-hydrogen) atoms. The number of thiol groups is 3. The Morgan fingerprint density at radius 1 is 0.667 bits per heavy atom. The van der Waals surface area contributed by atoms with Gasteiger partial charge in [-0.1, -0.05) is 20.8 Å². The minimum absolute atomic E-state index is 0.224. The Labute approximate surface area is 127 Å². The molecule has 0 radical (unpaired) electrons. The Hall–Kier alpha value is 0.930. The number of ether oxygens (including phenoxy) is 3. The van der Waals surface area contributed by atoms with E-state index in [-0.39, 0.29) is 36.6 Å². The summed E-state index contributed by atoms with van der Waals surface area (Å²) in [6.45, 7) is 6.19. The number of hydrogen-bond donors (Lipinski definition) is 3. The summed E-state index contributed by atoms with van der Waals surface area (Å²) < 4.78 is 17.5. The van der Waals surface area contributed by atoms with Gasteiger partial charge in [0.25, 0.3) is 0 Å². The zero-order valence-electron chi connectivity index (χ0n) is 11.2. The highest BCUT2D eigenvalue weighted by Gasteiger charge is 2.37. The van der Waals surface area contributed by atoms with Crippen molar-refractivity contribution < 1.29 is 14.2 Å². The fourth-order valence-electron chi connectivity index (χ4n) is 1.56. The lowest BCUT2D eigenvalue weighted by atomic mass is 10.1. The highest BCUT2D eigenvalue weighted by molar-refractivity contribution is 7.80. The van der Waals surface area contributed by atoms with Crippen LogP contribution >= 0.6 is 37.9 Å². The van der Waals surface area contributed by atoms with Crippen LogP contribution < -0.4 is 0 Å². The fraction of sp³-hybridized carbons (Fsp3) is 1.00. The van der Waals surface area contributed by atoms with E-state index in [0.29, 0.717) is 17.3 Å². The fourth-order valence-corrected chi connectivity index (χ4v) is 2.07. The van der Waals surface area contributed by atoms with E-state index in [1.165, 1.54) is 0 Å². The molecule has 1 aliphatic heterocycles. The standard InChI is InChI=1S/C12H24O3S3/c1-7(4-16)10-13-11(8(2)5-17)15-12(14-10)9(3)6-18/h7-12,16-18H,4-6H2,1-3H3. The van der Waals surface area contributed by atoms with Crippen LogP contribution in [0.15, 0.2) is 0 Å². The molecule has 0 aromatic carbocycles. The van der Waals surface area contributed by atoms with Gasteiger partial charge in [-0.2, -0.15) is 37.9 Å². The Balaban J connectivity index is 2.71. The number of rotatable bonds is 6. The second kappa shape index (κ2) is 8.27. The third-order valence-electron chi connectivity index (χ3n) is 3.06. The van der Waals surface area contributed by atoms with Crippen LogP contribution in [0, 0.1) is 17.8 Å². The average Bonchev–Trinajstić information content (AvgIpc) is 2.43. The molecule has 108 valence electrons. The summed E-state index contributed by atoms with van der Waals surface area (Å²) in [6, 6.07) is 0. The van der Waals surface area contributed by atoms with Crippen LogP contribution in [0.3, 0.4) is 0 Å². The van der Waals surface area contributed by atoms with Gasteiger partial charge < -0.3 is 14.2 Å². The van der Waals surface area contributed by atoms with Gasteiger partial charge in [0.1, 0.15) is 0 Å². The van der Waals surface area contributed by atoms with E-state index < -0.39 is 0 Å². The Bertz CT molecular complexity index is 199. The Morgan fingerprint density at radius 3 is 1.06 bits per heavy atom. The monoisotopic (exact) mass is 312 g/mol. The maximum absolute atomic E-state index is 5.85. The summed E-state index contributed by atoms with van der Waals surface area (Å²) in [7, 11) is 0. The first-order chi connectivity index (χ1) is 8.53. The van der Waals surface area contributed by atoms with Crippen LogP contribution in [0.25, 0.3) is 0 Å². The van der Waals surface area contributed by atoms with Crippen LogP contribution in [-0.4, -0.2) is 36.1 Å². The van der Waals surface area contributed by atoms with Crippen molar-refractivity contribution in [2.75, 3.05) is 17.3 Å². The molecule has 0 aromatic heterocycles. The lowest BCUT2D eigenvalue weighted by molar-refractivity contribution is -0.407. The molecule has 3 nitrogen and oxygen atoms in total. The molecule has 1 heterocycles. The van der Waals surface area contributed by atoms with E-state index >= 15 is 0 Å². The van der Waals surface area contributed by atoms with Crippen LogP contribution in [0.1, 0.15) is 20.8 Å². The minimum Gasteiger partial charge on any atom is -0.323 e. The smallest absolute Gasteiger partial charge is 0.167 e. The summed E-state index contributed by atoms with van der Waals surface area (Å²) in [6.07, 6.45) is -0.803.